The van der Waals surface area contributed by atoms with Gasteiger partial charge in [0.15, 0.2) is 5.76 Å². The largest absolute Gasteiger partial charge is 0.459 e. The molecule has 0 atom stereocenters. The maximum Gasteiger partial charge on any atom is 0.305 e. The van der Waals surface area contributed by atoms with Crippen molar-refractivity contribution in [1.29, 1.82) is 0 Å². The van der Waals surface area contributed by atoms with Crippen LogP contribution in [-0.4, -0.2) is 17.6 Å². The second-order valence-electron chi connectivity index (χ2n) is 4.82. The molecule has 1 aromatic carbocycles. The molecule has 0 radical (unpaired) electrons. The number of carbonyl (C=O) groups excluding carboxylic acids is 2. The van der Waals surface area contributed by atoms with E-state index in [0.29, 0.717) is 12.2 Å². The van der Waals surface area contributed by atoms with Crippen molar-refractivity contribution in [3.8, 4) is 0 Å². The summed E-state index contributed by atoms with van der Waals surface area (Å²) in [7, 11) is 0. The van der Waals surface area contributed by atoms with E-state index in [1.54, 1.807) is 17.8 Å². The summed E-state index contributed by atoms with van der Waals surface area (Å²) in [4.78, 5) is 24.3. The second kappa shape index (κ2) is 7.70. The minimum atomic E-state index is -0.472. The highest BCUT2D eigenvalue weighted by Gasteiger charge is 2.09. The Morgan fingerprint density at radius 1 is 1.14 bits per heavy atom. The highest BCUT2D eigenvalue weighted by molar-refractivity contribution is 7.99. The number of hydrogen-bond donors (Lipinski definition) is 2. The average Bonchev–Trinajstić information content (AvgIpc) is 3.03. The zero-order valence-electron chi connectivity index (χ0n) is 12.5. The van der Waals surface area contributed by atoms with Gasteiger partial charge in [-0.15, -0.1) is 11.8 Å². The minimum absolute atomic E-state index is 0.157. The van der Waals surface area contributed by atoms with E-state index < -0.39 is 5.91 Å². The number of aryl methyl sites for hydroxylation is 2. The van der Waals surface area contributed by atoms with Gasteiger partial charge in [-0.3, -0.25) is 20.4 Å². The van der Waals surface area contributed by atoms with Crippen LogP contribution < -0.4 is 10.9 Å². The summed E-state index contributed by atoms with van der Waals surface area (Å²) in [5.74, 6) is 0.0894. The lowest BCUT2D eigenvalue weighted by Crippen LogP contribution is -2.41. The fourth-order valence-electron chi connectivity index (χ4n) is 1.72. The number of nitrogens with one attached hydrogen (secondary N) is 2. The maximum absolute atomic E-state index is 11.7. The molecule has 116 valence electrons. The first-order chi connectivity index (χ1) is 10.6. The van der Waals surface area contributed by atoms with Crippen LogP contribution >= 0.6 is 11.8 Å². The van der Waals surface area contributed by atoms with Gasteiger partial charge in [-0.05, 0) is 49.2 Å². The molecule has 0 aliphatic heterocycles. The van der Waals surface area contributed by atoms with Crippen molar-refractivity contribution in [3.05, 3.63) is 53.5 Å². The Morgan fingerprint density at radius 3 is 2.64 bits per heavy atom. The Hall–Kier alpha value is -2.21. The highest BCUT2D eigenvalue weighted by Crippen LogP contribution is 2.21. The summed E-state index contributed by atoms with van der Waals surface area (Å²) in [6, 6.07) is 9.36. The quantitative estimate of drug-likeness (QED) is 0.657. The van der Waals surface area contributed by atoms with Crippen LogP contribution in [0.4, 0.5) is 0 Å². The van der Waals surface area contributed by atoms with Gasteiger partial charge in [0.1, 0.15) is 0 Å². The number of hydrogen-bond acceptors (Lipinski definition) is 4. The average molecular weight is 318 g/mol. The number of carbonyl (C=O) groups is 2. The van der Waals surface area contributed by atoms with Crippen LogP contribution in [0.2, 0.25) is 0 Å². The number of benzene rings is 1. The Bertz CT molecular complexity index is 653. The molecule has 0 aliphatic carbocycles. The molecule has 1 aromatic heterocycles. The Balaban J connectivity index is 1.69. The van der Waals surface area contributed by atoms with Crippen LogP contribution in [0.5, 0.6) is 0 Å². The summed E-state index contributed by atoms with van der Waals surface area (Å²) in [6.45, 7) is 4.13. The first kappa shape index (κ1) is 16.2. The van der Waals surface area contributed by atoms with E-state index in [2.05, 4.69) is 36.8 Å². The van der Waals surface area contributed by atoms with Gasteiger partial charge >= 0.3 is 5.91 Å². The molecule has 0 aliphatic rings. The maximum atomic E-state index is 11.7. The minimum Gasteiger partial charge on any atom is -0.459 e. The number of thioether (sulfide) groups is 1. The Labute approximate surface area is 133 Å². The molecule has 0 bridgehead atoms. The lowest BCUT2D eigenvalue weighted by Gasteiger charge is -2.07. The lowest BCUT2D eigenvalue weighted by molar-refractivity contribution is -0.121. The van der Waals surface area contributed by atoms with Crippen molar-refractivity contribution in [2.24, 2.45) is 0 Å². The standard InChI is InChI=1S/C16H18N2O3S/c1-11-5-6-13(10-12(11)2)22-9-7-15(19)17-18-16(20)14-4-3-8-21-14/h3-6,8,10H,7,9H2,1-2H3,(H,17,19)(H,18,20). The van der Waals surface area contributed by atoms with Gasteiger partial charge in [0.05, 0.1) is 6.26 Å². The third-order valence-corrected chi connectivity index (χ3v) is 4.13. The molecule has 2 amide bonds. The smallest absolute Gasteiger partial charge is 0.305 e. The van der Waals surface area contributed by atoms with Gasteiger partial charge in [-0.25, -0.2) is 0 Å². The summed E-state index contributed by atoms with van der Waals surface area (Å²) >= 11 is 1.61. The van der Waals surface area contributed by atoms with E-state index in [9.17, 15) is 9.59 Å². The summed E-state index contributed by atoms with van der Waals surface area (Å²) in [5, 5.41) is 0. The first-order valence-corrected chi connectivity index (χ1v) is 7.87. The molecular weight excluding hydrogens is 300 g/mol. The van der Waals surface area contributed by atoms with Gasteiger partial charge in [0.25, 0.3) is 0 Å². The molecule has 22 heavy (non-hydrogen) atoms. The van der Waals surface area contributed by atoms with Gasteiger partial charge < -0.3 is 4.42 Å². The Morgan fingerprint density at radius 2 is 1.95 bits per heavy atom. The highest BCUT2D eigenvalue weighted by atomic mass is 32.2. The molecule has 0 saturated carbocycles. The third-order valence-electron chi connectivity index (χ3n) is 3.14. The van der Waals surface area contributed by atoms with E-state index in [1.807, 2.05) is 6.07 Å². The zero-order valence-corrected chi connectivity index (χ0v) is 13.3. The Kier molecular flexibility index (Phi) is 5.66. The van der Waals surface area contributed by atoms with E-state index in [1.165, 1.54) is 23.5 Å². The van der Waals surface area contributed by atoms with Crippen LogP contribution in [0.1, 0.15) is 28.1 Å². The van der Waals surface area contributed by atoms with Crippen molar-refractivity contribution < 1.29 is 14.0 Å². The molecule has 5 nitrogen and oxygen atoms in total. The molecule has 0 saturated heterocycles. The van der Waals surface area contributed by atoms with Crippen molar-refractivity contribution in [1.82, 2.24) is 10.9 Å². The first-order valence-electron chi connectivity index (χ1n) is 6.89. The number of rotatable bonds is 5. The molecule has 1 heterocycles. The lowest BCUT2D eigenvalue weighted by atomic mass is 10.1. The number of furan rings is 1. The number of hydrazine groups is 1. The van der Waals surface area contributed by atoms with Crippen LogP contribution in [-0.2, 0) is 4.79 Å². The van der Waals surface area contributed by atoms with E-state index in [4.69, 9.17) is 4.42 Å². The predicted molar refractivity (Wildman–Crippen MR) is 85.6 cm³/mol. The van der Waals surface area contributed by atoms with Crippen LogP contribution in [0.3, 0.4) is 0 Å². The fraction of sp³-hybridized carbons (Fsp3) is 0.250. The molecule has 6 heteroatoms. The fourth-order valence-corrected chi connectivity index (χ4v) is 2.67. The summed E-state index contributed by atoms with van der Waals surface area (Å²) in [5.41, 5.74) is 7.16. The molecule has 2 aromatic rings. The van der Waals surface area contributed by atoms with E-state index in [-0.39, 0.29) is 11.7 Å². The van der Waals surface area contributed by atoms with E-state index in [0.717, 1.165) is 4.90 Å². The SMILES string of the molecule is Cc1ccc(SCCC(=O)NNC(=O)c2ccco2)cc1C. The van der Waals surface area contributed by atoms with Crippen LogP contribution in [0.25, 0.3) is 0 Å². The van der Waals surface area contributed by atoms with Gasteiger partial charge in [-0.2, -0.15) is 0 Å². The molecule has 2 rings (SSSR count). The molecule has 0 unspecified atom stereocenters. The number of amides is 2. The molecule has 2 N–H and O–H groups in total. The molecular formula is C16H18N2O3S. The van der Waals surface area contributed by atoms with Crippen LogP contribution in [0, 0.1) is 13.8 Å². The summed E-state index contributed by atoms with van der Waals surface area (Å²) < 4.78 is 4.92. The zero-order chi connectivity index (χ0) is 15.9. The van der Waals surface area contributed by atoms with Crippen molar-refractivity contribution in [3.63, 3.8) is 0 Å². The predicted octanol–water partition coefficient (Wildman–Crippen LogP) is 2.84. The van der Waals surface area contributed by atoms with Crippen LogP contribution in [0.15, 0.2) is 45.9 Å². The third kappa shape index (κ3) is 4.66. The van der Waals surface area contributed by atoms with E-state index >= 15 is 0 Å². The van der Waals surface area contributed by atoms with Gasteiger partial charge in [0, 0.05) is 17.1 Å². The topological polar surface area (TPSA) is 71.3 Å². The van der Waals surface area contributed by atoms with Gasteiger partial charge in [-0.1, -0.05) is 6.07 Å². The normalized spacial score (nSPS) is 10.3. The van der Waals surface area contributed by atoms with Crippen molar-refractivity contribution in [2.75, 3.05) is 5.75 Å². The monoisotopic (exact) mass is 318 g/mol. The van der Waals surface area contributed by atoms with Gasteiger partial charge in [0.2, 0.25) is 5.91 Å². The summed E-state index contributed by atoms with van der Waals surface area (Å²) in [6.07, 6.45) is 1.72. The van der Waals surface area contributed by atoms with Crippen molar-refractivity contribution in [2.45, 2.75) is 25.2 Å². The molecule has 0 spiro atoms. The molecule has 0 fully saturated rings. The second-order valence-corrected chi connectivity index (χ2v) is 5.99. The van der Waals surface area contributed by atoms with Crippen molar-refractivity contribution >= 4 is 23.6 Å².